The summed E-state index contributed by atoms with van der Waals surface area (Å²) < 4.78 is 45.7. The minimum Gasteiger partial charge on any atom is -0.477 e. The molecule has 2 heterocycles. The Morgan fingerprint density at radius 3 is 2.42 bits per heavy atom. The molecule has 0 atom stereocenters. The van der Waals surface area contributed by atoms with Crippen LogP contribution in [0.15, 0.2) is 59.5 Å². The van der Waals surface area contributed by atoms with Gasteiger partial charge in [0.15, 0.2) is 5.82 Å². The number of carboxylic acids is 1. The largest absolute Gasteiger partial charge is 0.477 e. The van der Waals surface area contributed by atoms with Crippen LogP contribution >= 0.6 is 0 Å². The summed E-state index contributed by atoms with van der Waals surface area (Å²) in [6.45, 7) is 0.364. The van der Waals surface area contributed by atoms with Gasteiger partial charge in [0.05, 0.1) is 10.9 Å². The highest BCUT2D eigenvalue weighted by atomic mass is 19.1. The van der Waals surface area contributed by atoms with Crippen LogP contribution in [-0.4, -0.2) is 15.6 Å². The Bertz CT molecular complexity index is 1510. The van der Waals surface area contributed by atoms with E-state index >= 15 is 8.78 Å². The Morgan fingerprint density at radius 2 is 1.76 bits per heavy atom. The lowest BCUT2D eigenvalue weighted by atomic mass is 10.1. The fraction of sp³-hybridized carbons (Fsp3) is 0.0833. The van der Waals surface area contributed by atoms with E-state index in [0.717, 1.165) is 40.1 Å². The molecule has 5 rings (SSSR count). The van der Waals surface area contributed by atoms with Crippen molar-refractivity contribution in [3.05, 3.63) is 99.1 Å². The van der Waals surface area contributed by atoms with Crippen molar-refractivity contribution in [2.24, 2.45) is 0 Å². The summed E-state index contributed by atoms with van der Waals surface area (Å²) >= 11 is 0. The number of fused-ring (bicyclic) bond motifs is 2. The van der Waals surface area contributed by atoms with Gasteiger partial charge in [-0.25, -0.2) is 18.0 Å². The molecule has 1 aliphatic heterocycles. The Labute approximate surface area is 184 Å². The van der Waals surface area contributed by atoms with E-state index in [4.69, 9.17) is 5.73 Å². The van der Waals surface area contributed by atoms with Gasteiger partial charge in [-0.2, -0.15) is 0 Å². The second kappa shape index (κ2) is 7.40. The van der Waals surface area contributed by atoms with E-state index in [2.05, 4.69) is 0 Å². The Hall–Kier alpha value is -4.27. The number of anilines is 2. The number of carbonyl (C=O) groups is 1. The van der Waals surface area contributed by atoms with Gasteiger partial charge in [0.1, 0.15) is 22.9 Å². The molecule has 0 bridgehead atoms. The van der Waals surface area contributed by atoms with Gasteiger partial charge in [-0.15, -0.1) is 0 Å². The summed E-state index contributed by atoms with van der Waals surface area (Å²) in [5.74, 6) is -4.14. The van der Waals surface area contributed by atoms with Gasteiger partial charge < -0.3 is 20.3 Å². The maximum Gasteiger partial charge on any atom is 0.341 e. The number of aromatic carboxylic acids is 1. The lowest BCUT2D eigenvalue weighted by molar-refractivity contribution is 0.0695. The minimum atomic E-state index is -1.55. The number of hydrogen-bond donors (Lipinski definition) is 2. The Balaban J connectivity index is 1.79. The number of carboxylic acid groups (broad SMARTS) is 1. The van der Waals surface area contributed by atoms with E-state index in [1.54, 1.807) is 12.1 Å². The van der Waals surface area contributed by atoms with Crippen molar-refractivity contribution in [1.82, 2.24) is 4.57 Å². The van der Waals surface area contributed by atoms with Crippen LogP contribution in [0.1, 0.15) is 21.5 Å². The topological polar surface area (TPSA) is 88.6 Å². The first-order valence-electron chi connectivity index (χ1n) is 9.94. The van der Waals surface area contributed by atoms with Gasteiger partial charge in [-0.05, 0) is 47.5 Å². The van der Waals surface area contributed by atoms with Gasteiger partial charge >= 0.3 is 5.97 Å². The fourth-order valence-electron chi connectivity index (χ4n) is 4.26. The van der Waals surface area contributed by atoms with Gasteiger partial charge in [0.2, 0.25) is 5.43 Å². The second-order valence-electron chi connectivity index (χ2n) is 7.78. The van der Waals surface area contributed by atoms with Crippen molar-refractivity contribution < 1.29 is 23.1 Å². The minimum absolute atomic E-state index is 0.162. The quantitative estimate of drug-likeness (QED) is 0.456. The predicted molar refractivity (Wildman–Crippen MR) is 117 cm³/mol. The number of hydrogen-bond acceptors (Lipinski definition) is 4. The van der Waals surface area contributed by atoms with Gasteiger partial charge in [-0.3, -0.25) is 4.79 Å². The van der Waals surface area contributed by atoms with E-state index in [9.17, 15) is 19.1 Å². The van der Waals surface area contributed by atoms with Crippen molar-refractivity contribution in [3.63, 3.8) is 0 Å². The average molecular weight is 451 g/mol. The molecule has 0 spiro atoms. The van der Waals surface area contributed by atoms with E-state index in [0.29, 0.717) is 5.69 Å². The van der Waals surface area contributed by atoms with Crippen molar-refractivity contribution in [2.75, 3.05) is 10.6 Å². The lowest BCUT2D eigenvalue weighted by Crippen LogP contribution is -2.22. The maximum atomic E-state index is 15.9. The summed E-state index contributed by atoms with van der Waals surface area (Å²) in [6, 6.07) is 11.0. The normalized spacial score (nSPS) is 12.9. The molecule has 1 aromatic heterocycles. The SMILES string of the molecule is Nc1cccc2c1CN(c1c(F)cc3c(=O)c(C(=O)O)cn(-c4ccc(F)cc4)c3c1F)C2. The van der Waals surface area contributed by atoms with Crippen molar-refractivity contribution in [1.29, 1.82) is 0 Å². The Morgan fingerprint density at radius 1 is 1.03 bits per heavy atom. The highest BCUT2D eigenvalue weighted by molar-refractivity contribution is 5.94. The molecule has 0 radical (unpaired) electrons. The van der Waals surface area contributed by atoms with Crippen molar-refractivity contribution >= 4 is 28.2 Å². The van der Waals surface area contributed by atoms with Crippen LogP contribution < -0.4 is 16.1 Å². The maximum absolute atomic E-state index is 15.9. The molecule has 4 aromatic rings. The van der Waals surface area contributed by atoms with Crippen LogP contribution in [-0.2, 0) is 13.1 Å². The number of benzene rings is 3. The van der Waals surface area contributed by atoms with Gasteiger partial charge in [0, 0.05) is 30.7 Å². The van der Waals surface area contributed by atoms with Gasteiger partial charge in [0.25, 0.3) is 0 Å². The predicted octanol–water partition coefficient (Wildman–Crippen LogP) is 4.21. The molecule has 0 fully saturated rings. The lowest BCUT2D eigenvalue weighted by Gasteiger charge is -2.22. The third kappa shape index (κ3) is 3.20. The van der Waals surface area contributed by atoms with Crippen LogP contribution in [0.25, 0.3) is 16.6 Å². The first-order valence-corrected chi connectivity index (χ1v) is 9.94. The van der Waals surface area contributed by atoms with Crippen LogP contribution in [0.2, 0.25) is 0 Å². The summed E-state index contributed by atoms with van der Waals surface area (Å²) in [4.78, 5) is 25.8. The summed E-state index contributed by atoms with van der Waals surface area (Å²) in [6.07, 6.45) is 0.960. The number of nitrogen functional groups attached to an aromatic ring is 1. The first-order chi connectivity index (χ1) is 15.8. The van der Waals surface area contributed by atoms with E-state index in [1.807, 2.05) is 6.07 Å². The zero-order chi connectivity index (χ0) is 23.4. The molecule has 3 N–H and O–H groups in total. The molecule has 9 heteroatoms. The Kier molecular flexibility index (Phi) is 4.63. The van der Waals surface area contributed by atoms with Crippen molar-refractivity contribution in [3.8, 4) is 5.69 Å². The molecule has 3 aromatic carbocycles. The zero-order valence-electron chi connectivity index (χ0n) is 17.0. The third-order valence-corrected chi connectivity index (χ3v) is 5.83. The summed E-state index contributed by atoms with van der Waals surface area (Å²) in [5.41, 5.74) is 5.94. The van der Waals surface area contributed by atoms with Crippen molar-refractivity contribution in [2.45, 2.75) is 13.1 Å². The summed E-state index contributed by atoms with van der Waals surface area (Å²) in [7, 11) is 0. The van der Waals surface area contributed by atoms with Gasteiger partial charge in [-0.1, -0.05) is 12.1 Å². The van der Waals surface area contributed by atoms with E-state index in [-0.39, 0.29) is 30.0 Å². The molecule has 166 valence electrons. The number of nitrogens with two attached hydrogens (primary N) is 1. The molecule has 0 aliphatic carbocycles. The molecule has 6 nitrogen and oxygen atoms in total. The molecular weight excluding hydrogens is 435 g/mol. The monoisotopic (exact) mass is 451 g/mol. The standard InChI is InChI=1S/C24H16F3N3O3/c25-13-4-6-14(7-5-13)30-11-17(24(32)33)23(31)15-8-18(26)22(20(27)21(15)30)29-9-12-2-1-3-19(28)16(12)10-29/h1-8,11H,9-10,28H2,(H,32,33). The molecule has 0 unspecified atom stereocenters. The smallest absolute Gasteiger partial charge is 0.341 e. The first kappa shape index (κ1) is 20.6. The van der Waals surface area contributed by atoms with E-state index < -0.39 is 39.8 Å². The average Bonchev–Trinajstić information content (AvgIpc) is 3.20. The number of aromatic nitrogens is 1. The number of pyridine rings is 1. The highest BCUT2D eigenvalue weighted by Crippen LogP contribution is 2.37. The molecule has 1 aliphatic rings. The molecule has 33 heavy (non-hydrogen) atoms. The molecule has 0 saturated carbocycles. The summed E-state index contributed by atoms with van der Waals surface area (Å²) in [5, 5.41) is 9.02. The third-order valence-electron chi connectivity index (χ3n) is 5.83. The van der Waals surface area contributed by atoms with Crippen LogP contribution in [0.4, 0.5) is 24.5 Å². The molecule has 0 amide bonds. The number of rotatable bonds is 3. The van der Waals surface area contributed by atoms with E-state index in [1.165, 1.54) is 17.0 Å². The molecule has 0 saturated heterocycles. The molecular formula is C24H16F3N3O3. The van der Waals surface area contributed by atoms with Crippen LogP contribution in [0, 0.1) is 17.5 Å². The van der Waals surface area contributed by atoms with Crippen LogP contribution in [0.5, 0.6) is 0 Å². The number of nitrogens with zero attached hydrogens (tertiary/aromatic N) is 2. The number of halogens is 3. The van der Waals surface area contributed by atoms with Crippen LogP contribution in [0.3, 0.4) is 0 Å². The second-order valence-corrected chi connectivity index (χ2v) is 7.78. The zero-order valence-corrected chi connectivity index (χ0v) is 17.0. The fourth-order valence-corrected chi connectivity index (χ4v) is 4.26. The highest BCUT2D eigenvalue weighted by Gasteiger charge is 2.29.